The van der Waals surface area contributed by atoms with E-state index in [1.807, 2.05) is 37.8 Å². The number of benzene rings is 1. The minimum Gasteiger partial charge on any atom is -0.497 e. The molecular formula is C20H31N3O4. The molecule has 0 spiro atoms. The van der Waals surface area contributed by atoms with Crippen LogP contribution in [0.3, 0.4) is 0 Å². The molecule has 150 valence electrons. The molecule has 7 nitrogen and oxygen atoms in total. The zero-order valence-electron chi connectivity index (χ0n) is 16.9. The minimum atomic E-state index is -0.528. The maximum Gasteiger partial charge on any atom is 0.410 e. The average molecular weight is 377 g/mol. The zero-order chi connectivity index (χ0) is 20.0. The van der Waals surface area contributed by atoms with Crippen LogP contribution in [0.5, 0.6) is 5.75 Å². The fraction of sp³-hybridized carbons (Fsp3) is 0.600. The largest absolute Gasteiger partial charge is 0.497 e. The maximum atomic E-state index is 12.8. The Kier molecular flexibility index (Phi) is 6.93. The van der Waals surface area contributed by atoms with Crippen molar-refractivity contribution in [2.75, 3.05) is 32.1 Å². The number of amides is 3. The SMILES string of the molecule is CCCC1CN(C(=O)OC(C)(C)C)CCN1C(=O)Nc1ccc(OC)cc1. The van der Waals surface area contributed by atoms with Crippen molar-refractivity contribution in [2.24, 2.45) is 0 Å². The van der Waals surface area contributed by atoms with E-state index in [0.29, 0.717) is 25.3 Å². The Morgan fingerprint density at radius 2 is 1.85 bits per heavy atom. The normalized spacial score (nSPS) is 17.4. The van der Waals surface area contributed by atoms with Crippen LogP contribution in [-0.2, 0) is 4.74 Å². The number of carbonyl (C=O) groups excluding carboxylic acids is 2. The number of ether oxygens (including phenoxy) is 2. The summed E-state index contributed by atoms with van der Waals surface area (Å²) in [6, 6.07) is 7.04. The molecule has 1 aliphatic rings. The Labute approximate surface area is 161 Å². The van der Waals surface area contributed by atoms with Gasteiger partial charge in [0.05, 0.1) is 13.2 Å². The predicted molar refractivity (Wildman–Crippen MR) is 105 cm³/mol. The third-order valence-electron chi connectivity index (χ3n) is 4.36. The summed E-state index contributed by atoms with van der Waals surface area (Å²) in [5.74, 6) is 0.739. The van der Waals surface area contributed by atoms with Crippen molar-refractivity contribution >= 4 is 17.8 Å². The number of nitrogens with zero attached hydrogens (tertiary/aromatic N) is 2. The number of methoxy groups -OCH3 is 1. The second kappa shape index (κ2) is 8.97. The van der Waals surface area contributed by atoms with Gasteiger partial charge in [-0.3, -0.25) is 0 Å². The molecule has 0 aliphatic carbocycles. The van der Waals surface area contributed by atoms with Crippen LogP contribution in [0.4, 0.5) is 15.3 Å². The Morgan fingerprint density at radius 1 is 1.19 bits per heavy atom. The van der Waals surface area contributed by atoms with E-state index in [4.69, 9.17) is 9.47 Å². The Morgan fingerprint density at radius 3 is 2.41 bits per heavy atom. The lowest BCUT2D eigenvalue weighted by Gasteiger charge is -2.41. The van der Waals surface area contributed by atoms with Crippen molar-refractivity contribution in [1.29, 1.82) is 0 Å². The molecule has 0 radical (unpaired) electrons. The van der Waals surface area contributed by atoms with Gasteiger partial charge in [-0.05, 0) is 51.5 Å². The lowest BCUT2D eigenvalue weighted by molar-refractivity contribution is 0.00899. The Balaban J connectivity index is 2.01. The van der Waals surface area contributed by atoms with Gasteiger partial charge in [0.2, 0.25) is 0 Å². The van der Waals surface area contributed by atoms with E-state index in [-0.39, 0.29) is 18.2 Å². The van der Waals surface area contributed by atoms with E-state index in [1.54, 1.807) is 24.1 Å². The Hall–Kier alpha value is -2.44. The van der Waals surface area contributed by atoms with E-state index in [1.165, 1.54) is 0 Å². The number of piperazine rings is 1. The zero-order valence-corrected chi connectivity index (χ0v) is 16.9. The van der Waals surface area contributed by atoms with Gasteiger partial charge in [0.1, 0.15) is 11.4 Å². The van der Waals surface area contributed by atoms with Crippen molar-refractivity contribution in [3.63, 3.8) is 0 Å². The number of rotatable bonds is 4. The van der Waals surface area contributed by atoms with Gasteiger partial charge in [0, 0.05) is 25.3 Å². The fourth-order valence-corrected chi connectivity index (χ4v) is 3.06. The van der Waals surface area contributed by atoms with Crippen molar-refractivity contribution in [1.82, 2.24) is 9.80 Å². The first-order valence-corrected chi connectivity index (χ1v) is 9.43. The van der Waals surface area contributed by atoms with Crippen molar-refractivity contribution in [2.45, 2.75) is 52.2 Å². The van der Waals surface area contributed by atoms with E-state index in [2.05, 4.69) is 12.2 Å². The fourth-order valence-electron chi connectivity index (χ4n) is 3.06. The molecule has 1 aromatic rings. The second-order valence-corrected chi connectivity index (χ2v) is 7.72. The molecular weight excluding hydrogens is 346 g/mol. The third kappa shape index (κ3) is 6.05. The van der Waals surface area contributed by atoms with Crippen LogP contribution in [0, 0.1) is 0 Å². The Bertz CT molecular complexity index is 640. The molecule has 1 atom stereocenters. The van der Waals surface area contributed by atoms with E-state index < -0.39 is 5.60 Å². The van der Waals surface area contributed by atoms with Crippen LogP contribution < -0.4 is 10.1 Å². The lowest BCUT2D eigenvalue weighted by Crippen LogP contribution is -2.58. The highest BCUT2D eigenvalue weighted by molar-refractivity contribution is 5.89. The summed E-state index contributed by atoms with van der Waals surface area (Å²) >= 11 is 0. The molecule has 27 heavy (non-hydrogen) atoms. The van der Waals surface area contributed by atoms with Crippen LogP contribution in [-0.4, -0.2) is 60.3 Å². The topological polar surface area (TPSA) is 71.1 Å². The molecule has 3 amide bonds. The highest BCUT2D eigenvalue weighted by Gasteiger charge is 2.33. The first-order valence-electron chi connectivity index (χ1n) is 9.43. The molecule has 2 rings (SSSR count). The van der Waals surface area contributed by atoms with Gasteiger partial charge in [0.15, 0.2) is 0 Å². The molecule has 1 fully saturated rings. The minimum absolute atomic E-state index is 0.0329. The number of hydrogen-bond donors (Lipinski definition) is 1. The molecule has 1 aromatic carbocycles. The third-order valence-corrected chi connectivity index (χ3v) is 4.36. The number of anilines is 1. The second-order valence-electron chi connectivity index (χ2n) is 7.72. The van der Waals surface area contributed by atoms with Gasteiger partial charge in [-0.1, -0.05) is 13.3 Å². The summed E-state index contributed by atoms with van der Waals surface area (Å²) in [7, 11) is 1.60. The molecule has 0 bridgehead atoms. The lowest BCUT2D eigenvalue weighted by atomic mass is 10.1. The summed E-state index contributed by atoms with van der Waals surface area (Å²) in [5, 5.41) is 2.93. The van der Waals surface area contributed by atoms with E-state index in [9.17, 15) is 9.59 Å². The molecule has 7 heteroatoms. The van der Waals surface area contributed by atoms with Crippen molar-refractivity contribution in [3.05, 3.63) is 24.3 Å². The predicted octanol–water partition coefficient (Wildman–Crippen LogP) is 3.95. The first-order chi connectivity index (χ1) is 12.7. The monoisotopic (exact) mass is 377 g/mol. The van der Waals surface area contributed by atoms with Gasteiger partial charge in [-0.2, -0.15) is 0 Å². The summed E-state index contributed by atoms with van der Waals surface area (Å²) in [6.45, 7) is 9.06. The van der Waals surface area contributed by atoms with Gasteiger partial charge < -0.3 is 24.6 Å². The van der Waals surface area contributed by atoms with Crippen LogP contribution in [0.15, 0.2) is 24.3 Å². The number of hydrogen-bond acceptors (Lipinski definition) is 4. The van der Waals surface area contributed by atoms with Crippen LogP contribution in [0.2, 0.25) is 0 Å². The van der Waals surface area contributed by atoms with Crippen LogP contribution in [0.1, 0.15) is 40.5 Å². The molecule has 1 N–H and O–H groups in total. The van der Waals surface area contributed by atoms with Crippen LogP contribution in [0.25, 0.3) is 0 Å². The molecule has 1 heterocycles. The smallest absolute Gasteiger partial charge is 0.410 e. The van der Waals surface area contributed by atoms with Gasteiger partial charge in [0.25, 0.3) is 0 Å². The van der Waals surface area contributed by atoms with Crippen molar-refractivity contribution in [3.8, 4) is 5.75 Å². The summed E-state index contributed by atoms with van der Waals surface area (Å²) < 4.78 is 10.6. The summed E-state index contributed by atoms with van der Waals surface area (Å²) in [4.78, 5) is 28.6. The highest BCUT2D eigenvalue weighted by Crippen LogP contribution is 2.20. The molecule has 0 saturated carbocycles. The summed E-state index contributed by atoms with van der Waals surface area (Å²) in [5.41, 5.74) is 0.186. The molecule has 1 aliphatic heterocycles. The molecule has 1 unspecified atom stereocenters. The highest BCUT2D eigenvalue weighted by atomic mass is 16.6. The summed E-state index contributed by atoms with van der Waals surface area (Å²) in [6.07, 6.45) is 1.44. The number of urea groups is 1. The van der Waals surface area contributed by atoms with Crippen molar-refractivity contribution < 1.29 is 19.1 Å². The van der Waals surface area contributed by atoms with E-state index >= 15 is 0 Å². The van der Waals surface area contributed by atoms with E-state index in [0.717, 1.165) is 18.6 Å². The first kappa shape index (κ1) is 20.9. The number of nitrogens with one attached hydrogen (secondary N) is 1. The number of carbonyl (C=O) groups is 2. The molecule has 1 saturated heterocycles. The van der Waals surface area contributed by atoms with Crippen LogP contribution >= 0.6 is 0 Å². The standard InChI is InChI=1S/C20H31N3O4/c1-6-7-16-14-22(19(25)27-20(2,3)4)12-13-23(16)18(24)21-15-8-10-17(26-5)11-9-15/h8-11,16H,6-7,12-14H2,1-5H3,(H,21,24). The van der Waals surface area contributed by atoms with Gasteiger partial charge >= 0.3 is 12.1 Å². The van der Waals surface area contributed by atoms with Gasteiger partial charge in [-0.25, -0.2) is 9.59 Å². The molecule has 0 aromatic heterocycles. The average Bonchev–Trinajstić information content (AvgIpc) is 2.61. The van der Waals surface area contributed by atoms with Gasteiger partial charge in [-0.15, -0.1) is 0 Å². The maximum absolute atomic E-state index is 12.8. The quantitative estimate of drug-likeness (QED) is 0.862.